The number of aromatic hydroxyl groups is 1. The van der Waals surface area contributed by atoms with Crippen LogP contribution in [0.1, 0.15) is 6.92 Å². The molecule has 0 bridgehead atoms. The van der Waals surface area contributed by atoms with Crippen molar-refractivity contribution in [3.8, 4) is 5.75 Å². The minimum Gasteiger partial charge on any atom is -0.508 e. The van der Waals surface area contributed by atoms with E-state index in [1.807, 2.05) is 13.2 Å². The van der Waals surface area contributed by atoms with Gasteiger partial charge in [-0.3, -0.25) is 9.69 Å². The van der Waals surface area contributed by atoms with Crippen molar-refractivity contribution in [1.82, 2.24) is 5.32 Å². The number of carboxylic acids is 1. The number of carboxylic acid groups (broad SMARTS) is 1. The topological polar surface area (TPSA) is 89.9 Å². The number of hydrogen-bond acceptors (Lipinski definition) is 4. The van der Waals surface area contributed by atoms with Crippen LogP contribution < -0.4 is 10.2 Å². The van der Waals surface area contributed by atoms with E-state index < -0.39 is 18.5 Å². The summed E-state index contributed by atoms with van der Waals surface area (Å²) in [6.07, 6.45) is 1.99. The van der Waals surface area contributed by atoms with Crippen LogP contribution in [0.15, 0.2) is 24.3 Å². The summed E-state index contributed by atoms with van der Waals surface area (Å²) in [4.78, 5) is 24.2. The van der Waals surface area contributed by atoms with Crippen molar-refractivity contribution in [2.75, 3.05) is 30.0 Å². The van der Waals surface area contributed by atoms with E-state index in [1.165, 1.54) is 24.3 Å². The van der Waals surface area contributed by atoms with Crippen LogP contribution in [0.25, 0.3) is 0 Å². The molecule has 0 radical (unpaired) electrons. The fraction of sp³-hybridized carbons (Fsp3) is 0.429. The minimum absolute atomic E-state index is 0.0584. The van der Waals surface area contributed by atoms with Gasteiger partial charge in [0, 0.05) is 12.2 Å². The highest BCUT2D eigenvalue weighted by Crippen LogP contribution is 2.18. The number of urea groups is 1. The predicted octanol–water partition coefficient (Wildman–Crippen LogP) is 1.99. The molecule has 21 heavy (non-hydrogen) atoms. The minimum atomic E-state index is -1.10. The summed E-state index contributed by atoms with van der Waals surface area (Å²) in [5.41, 5.74) is 0.421. The van der Waals surface area contributed by atoms with Gasteiger partial charge in [0.1, 0.15) is 12.3 Å². The number of aliphatic carboxylic acids is 1. The Labute approximate surface area is 128 Å². The Morgan fingerprint density at radius 1 is 1.33 bits per heavy atom. The molecule has 0 fully saturated rings. The monoisotopic (exact) mass is 312 g/mol. The van der Waals surface area contributed by atoms with E-state index in [0.29, 0.717) is 18.2 Å². The SMILES string of the molecule is CSCC(C)CNC(=O)N(CC(=O)O)c1ccc(O)cc1. The Bertz CT molecular complexity index is 478. The summed E-state index contributed by atoms with van der Waals surface area (Å²) in [6.45, 7) is 2.06. The van der Waals surface area contributed by atoms with E-state index in [2.05, 4.69) is 5.32 Å². The van der Waals surface area contributed by atoms with Gasteiger partial charge in [0.05, 0.1) is 0 Å². The fourth-order valence-corrected chi connectivity index (χ4v) is 2.44. The number of phenols is 1. The summed E-state index contributed by atoms with van der Waals surface area (Å²) < 4.78 is 0. The molecule has 0 aliphatic heterocycles. The predicted molar refractivity (Wildman–Crippen MR) is 84.0 cm³/mol. The lowest BCUT2D eigenvalue weighted by molar-refractivity contribution is -0.135. The average Bonchev–Trinajstić information content (AvgIpc) is 2.43. The number of benzene rings is 1. The standard InChI is InChI=1S/C14H20N2O4S/c1-10(9-21-2)7-15-14(20)16(8-13(18)19)11-3-5-12(17)6-4-11/h3-6,10,17H,7-9H2,1-2H3,(H,15,20)(H,18,19). The number of nitrogens with zero attached hydrogens (tertiary/aromatic N) is 1. The average molecular weight is 312 g/mol. The molecule has 2 amide bonds. The second kappa shape index (κ2) is 8.41. The Morgan fingerprint density at radius 2 is 1.95 bits per heavy atom. The van der Waals surface area contributed by atoms with Crippen molar-refractivity contribution in [1.29, 1.82) is 0 Å². The van der Waals surface area contributed by atoms with Gasteiger partial charge >= 0.3 is 12.0 Å². The van der Waals surface area contributed by atoms with Crippen molar-refractivity contribution >= 4 is 29.4 Å². The molecule has 3 N–H and O–H groups in total. The van der Waals surface area contributed by atoms with E-state index in [0.717, 1.165) is 10.7 Å². The summed E-state index contributed by atoms with van der Waals surface area (Å²) >= 11 is 1.69. The maximum atomic E-state index is 12.2. The fourth-order valence-electron chi connectivity index (χ4n) is 1.75. The highest BCUT2D eigenvalue weighted by Gasteiger charge is 2.19. The summed E-state index contributed by atoms with van der Waals surface area (Å²) in [5, 5.41) is 20.9. The third-order valence-electron chi connectivity index (χ3n) is 2.75. The van der Waals surface area contributed by atoms with Crippen molar-refractivity contribution in [3.63, 3.8) is 0 Å². The van der Waals surface area contributed by atoms with E-state index in [-0.39, 0.29) is 5.75 Å². The van der Waals surface area contributed by atoms with Gasteiger partial charge in [0.2, 0.25) is 0 Å². The number of amides is 2. The largest absolute Gasteiger partial charge is 0.508 e. The van der Waals surface area contributed by atoms with Crippen LogP contribution in [-0.2, 0) is 4.79 Å². The first-order valence-electron chi connectivity index (χ1n) is 6.49. The molecule has 6 nitrogen and oxygen atoms in total. The molecule has 1 unspecified atom stereocenters. The van der Waals surface area contributed by atoms with Crippen LogP contribution in [0.5, 0.6) is 5.75 Å². The number of nitrogens with one attached hydrogen (secondary N) is 1. The number of hydrogen-bond donors (Lipinski definition) is 3. The third kappa shape index (κ3) is 5.95. The van der Waals surface area contributed by atoms with E-state index in [1.54, 1.807) is 11.8 Å². The molecular weight excluding hydrogens is 292 g/mol. The molecule has 0 heterocycles. The molecule has 1 aromatic rings. The zero-order valence-corrected chi connectivity index (χ0v) is 12.9. The summed E-state index contributed by atoms with van der Waals surface area (Å²) in [6, 6.07) is 5.37. The highest BCUT2D eigenvalue weighted by molar-refractivity contribution is 7.98. The van der Waals surface area contributed by atoms with Crippen LogP contribution in [0.4, 0.5) is 10.5 Å². The van der Waals surface area contributed by atoms with E-state index in [4.69, 9.17) is 5.11 Å². The van der Waals surface area contributed by atoms with Crippen LogP contribution in [-0.4, -0.2) is 47.3 Å². The molecule has 0 aliphatic carbocycles. The van der Waals surface area contributed by atoms with Crippen molar-refractivity contribution in [2.45, 2.75) is 6.92 Å². The van der Waals surface area contributed by atoms with Gasteiger partial charge in [0.25, 0.3) is 0 Å². The van der Waals surface area contributed by atoms with Gasteiger partial charge in [-0.15, -0.1) is 0 Å². The van der Waals surface area contributed by atoms with Crippen LogP contribution in [0.2, 0.25) is 0 Å². The van der Waals surface area contributed by atoms with Gasteiger partial charge < -0.3 is 15.5 Å². The van der Waals surface area contributed by atoms with Crippen molar-refractivity contribution in [2.24, 2.45) is 5.92 Å². The second-order valence-corrected chi connectivity index (χ2v) is 5.65. The Hall–Kier alpha value is -1.89. The lowest BCUT2D eigenvalue weighted by Gasteiger charge is -2.22. The molecule has 0 aromatic heterocycles. The lowest BCUT2D eigenvalue weighted by atomic mass is 10.2. The molecular formula is C14H20N2O4S. The Kier molecular flexibility index (Phi) is 6.87. The number of anilines is 1. The molecule has 0 saturated heterocycles. The van der Waals surface area contributed by atoms with Crippen LogP contribution in [0.3, 0.4) is 0 Å². The summed E-state index contributed by atoms with van der Waals surface area (Å²) in [5.74, 6) is 0.173. The van der Waals surface area contributed by atoms with Crippen LogP contribution in [0, 0.1) is 5.92 Å². The summed E-state index contributed by atoms with van der Waals surface area (Å²) in [7, 11) is 0. The third-order valence-corrected chi connectivity index (χ3v) is 3.66. The molecule has 0 saturated carbocycles. The number of thioether (sulfide) groups is 1. The molecule has 1 rings (SSSR count). The van der Waals surface area contributed by atoms with Gasteiger partial charge in [-0.1, -0.05) is 6.92 Å². The zero-order chi connectivity index (χ0) is 15.8. The number of carbonyl (C=O) groups is 2. The Balaban J connectivity index is 2.75. The molecule has 7 heteroatoms. The molecule has 116 valence electrons. The van der Waals surface area contributed by atoms with E-state index >= 15 is 0 Å². The van der Waals surface area contributed by atoms with Crippen molar-refractivity contribution in [3.05, 3.63) is 24.3 Å². The van der Waals surface area contributed by atoms with Crippen molar-refractivity contribution < 1.29 is 19.8 Å². The maximum absolute atomic E-state index is 12.2. The first-order chi connectivity index (χ1) is 9.93. The van der Waals surface area contributed by atoms with Crippen LogP contribution >= 0.6 is 11.8 Å². The Morgan fingerprint density at radius 3 is 2.48 bits per heavy atom. The van der Waals surface area contributed by atoms with Gasteiger partial charge in [0.15, 0.2) is 0 Å². The maximum Gasteiger partial charge on any atom is 0.323 e. The first-order valence-corrected chi connectivity index (χ1v) is 7.88. The normalized spacial score (nSPS) is 11.7. The number of phenolic OH excluding ortho intramolecular Hbond substituents is 1. The smallest absolute Gasteiger partial charge is 0.323 e. The first kappa shape index (κ1) is 17.2. The molecule has 1 aromatic carbocycles. The van der Waals surface area contributed by atoms with E-state index in [9.17, 15) is 14.7 Å². The molecule has 1 atom stereocenters. The van der Waals surface area contributed by atoms with Gasteiger partial charge in [-0.25, -0.2) is 4.79 Å². The zero-order valence-electron chi connectivity index (χ0n) is 12.1. The highest BCUT2D eigenvalue weighted by atomic mass is 32.2. The lowest BCUT2D eigenvalue weighted by Crippen LogP contribution is -2.44. The molecule has 0 spiro atoms. The molecule has 0 aliphatic rings. The number of carbonyl (C=O) groups excluding carboxylic acids is 1. The quantitative estimate of drug-likeness (QED) is 0.716. The van der Waals surface area contributed by atoms with Gasteiger partial charge in [-0.05, 0) is 42.2 Å². The van der Waals surface area contributed by atoms with Gasteiger partial charge in [-0.2, -0.15) is 11.8 Å². The second-order valence-electron chi connectivity index (χ2n) is 4.74. The number of rotatable bonds is 7.